The largest absolute Gasteiger partial charge is 0.275 e. The molecular formula is C20H15NO2. The van der Waals surface area contributed by atoms with Gasteiger partial charge in [0.05, 0.1) is 0 Å². The molecule has 0 fully saturated rings. The second-order valence-corrected chi connectivity index (χ2v) is 5.49. The van der Waals surface area contributed by atoms with Crippen molar-refractivity contribution in [3.63, 3.8) is 0 Å². The van der Waals surface area contributed by atoms with Crippen LogP contribution in [0.1, 0.15) is 27.0 Å². The number of amides is 1. The van der Waals surface area contributed by atoms with Gasteiger partial charge in [-0.05, 0) is 17.2 Å². The predicted molar refractivity (Wildman–Crippen MR) is 87.8 cm³/mol. The molecule has 3 nitrogen and oxygen atoms in total. The van der Waals surface area contributed by atoms with E-state index in [2.05, 4.69) is 5.48 Å². The highest BCUT2D eigenvalue weighted by atomic mass is 16.7. The Morgan fingerprint density at radius 1 is 0.696 bits per heavy atom. The van der Waals surface area contributed by atoms with Gasteiger partial charge in [-0.3, -0.25) is 9.63 Å². The molecule has 0 aromatic heterocycles. The summed E-state index contributed by atoms with van der Waals surface area (Å²) in [7, 11) is 0. The lowest BCUT2D eigenvalue weighted by Crippen LogP contribution is -2.46. The van der Waals surface area contributed by atoms with Gasteiger partial charge >= 0.3 is 0 Å². The van der Waals surface area contributed by atoms with E-state index in [1.54, 1.807) is 0 Å². The fourth-order valence-electron chi connectivity index (χ4n) is 3.16. The zero-order chi connectivity index (χ0) is 15.7. The van der Waals surface area contributed by atoms with Gasteiger partial charge in [0, 0.05) is 11.1 Å². The average molecular weight is 301 g/mol. The van der Waals surface area contributed by atoms with Crippen molar-refractivity contribution in [1.29, 1.82) is 0 Å². The molecule has 0 saturated carbocycles. The molecule has 0 aliphatic carbocycles. The number of hydrogen-bond acceptors (Lipinski definition) is 2. The highest BCUT2D eigenvalue weighted by Gasteiger charge is 2.44. The molecule has 1 aliphatic rings. The lowest BCUT2D eigenvalue weighted by molar-refractivity contribution is -0.0559. The summed E-state index contributed by atoms with van der Waals surface area (Å²) in [6, 6.07) is 27.5. The molecule has 23 heavy (non-hydrogen) atoms. The number of hydroxylamine groups is 1. The van der Waals surface area contributed by atoms with Gasteiger partial charge in [0.15, 0.2) is 5.60 Å². The molecule has 1 heterocycles. The van der Waals surface area contributed by atoms with Gasteiger partial charge in [0.25, 0.3) is 5.91 Å². The molecule has 4 rings (SSSR count). The van der Waals surface area contributed by atoms with Crippen molar-refractivity contribution in [2.45, 2.75) is 5.60 Å². The van der Waals surface area contributed by atoms with Crippen molar-refractivity contribution in [2.24, 2.45) is 0 Å². The normalized spacial score (nSPS) is 15.6. The third-order valence-electron chi connectivity index (χ3n) is 4.21. The first-order valence-corrected chi connectivity index (χ1v) is 7.51. The predicted octanol–water partition coefficient (Wildman–Crippen LogP) is 3.65. The number of fused-ring (bicyclic) bond motifs is 1. The summed E-state index contributed by atoms with van der Waals surface area (Å²) in [4.78, 5) is 18.2. The van der Waals surface area contributed by atoms with Crippen LogP contribution in [0.3, 0.4) is 0 Å². The molecule has 0 saturated heterocycles. The summed E-state index contributed by atoms with van der Waals surface area (Å²) in [6.45, 7) is 0. The monoisotopic (exact) mass is 301 g/mol. The van der Waals surface area contributed by atoms with Gasteiger partial charge in [-0.1, -0.05) is 78.9 Å². The summed E-state index contributed by atoms with van der Waals surface area (Å²) in [5.74, 6) is -0.219. The van der Waals surface area contributed by atoms with Crippen molar-refractivity contribution in [1.82, 2.24) is 5.48 Å². The minimum Gasteiger partial charge on any atom is -0.267 e. The zero-order valence-corrected chi connectivity index (χ0v) is 12.4. The molecule has 1 amide bonds. The van der Waals surface area contributed by atoms with Gasteiger partial charge in [-0.15, -0.1) is 0 Å². The first-order chi connectivity index (χ1) is 11.3. The number of carbonyl (C=O) groups excluding carboxylic acids is 1. The van der Waals surface area contributed by atoms with Crippen LogP contribution < -0.4 is 5.48 Å². The van der Waals surface area contributed by atoms with Crippen LogP contribution in [0.2, 0.25) is 0 Å². The maximum atomic E-state index is 12.2. The minimum absolute atomic E-state index is 0.219. The van der Waals surface area contributed by atoms with E-state index in [0.29, 0.717) is 5.56 Å². The SMILES string of the molecule is O=C1NOC(c2ccccc2)(c2ccccc2)c2ccccc21. The standard InChI is InChI=1S/C20H15NO2/c22-19-17-13-7-8-14-18(17)20(23-21-19,15-9-3-1-4-10-15)16-11-5-2-6-12-16/h1-14H,(H,21,22). The lowest BCUT2D eigenvalue weighted by Gasteiger charge is -2.38. The van der Waals surface area contributed by atoms with E-state index in [1.807, 2.05) is 84.9 Å². The third kappa shape index (κ3) is 2.05. The molecule has 112 valence electrons. The number of hydrogen-bond donors (Lipinski definition) is 1. The van der Waals surface area contributed by atoms with Crippen LogP contribution in [-0.4, -0.2) is 5.91 Å². The van der Waals surface area contributed by atoms with E-state index in [1.165, 1.54) is 0 Å². The fraction of sp³-hybridized carbons (Fsp3) is 0.0500. The highest BCUT2D eigenvalue weighted by Crippen LogP contribution is 2.42. The average Bonchev–Trinajstić information content (AvgIpc) is 2.64. The molecule has 3 aromatic carbocycles. The van der Waals surface area contributed by atoms with Crippen molar-refractivity contribution < 1.29 is 9.63 Å². The van der Waals surface area contributed by atoms with Gasteiger partial charge < -0.3 is 0 Å². The molecule has 0 unspecified atom stereocenters. The molecule has 3 heteroatoms. The first kappa shape index (κ1) is 13.7. The second-order valence-electron chi connectivity index (χ2n) is 5.49. The van der Waals surface area contributed by atoms with Crippen LogP contribution in [0.5, 0.6) is 0 Å². The minimum atomic E-state index is -0.854. The summed E-state index contributed by atoms with van der Waals surface area (Å²) in [5.41, 5.74) is 5.15. The quantitative estimate of drug-likeness (QED) is 0.784. The van der Waals surface area contributed by atoms with Crippen molar-refractivity contribution in [3.8, 4) is 0 Å². The Hall–Kier alpha value is -2.91. The summed E-state index contributed by atoms with van der Waals surface area (Å²) in [5, 5.41) is 0. The summed E-state index contributed by atoms with van der Waals surface area (Å²) >= 11 is 0. The Morgan fingerprint density at radius 2 is 1.22 bits per heavy atom. The Morgan fingerprint density at radius 3 is 1.83 bits per heavy atom. The molecule has 3 aromatic rings. The van der Waals surface area contributed by atoms with E-state index >= 15 is 0 Å². The summed E-state index contributed by atoms with van der Waals surface area (Å²) in [6.07, 6.45) is 0. The van der Waals surface area contributed by atoms with Gasteiger partial charge in [-0.25, -0.2) is 5.48 Å². The van der Waals surface area contributed by atoms with Crippen LogP contribution in [-0.2, 0) is 10.4 Å². The fourth-order valence-corrected chi connectivity index (χ4v) is 3.16. The molecular weight excluding hydrogens is 286 g/mol. The van der Waals surface area contributed by atoms with Crippen LogP contribution in [0.4, 0.5) is 0 Å². The Bertz CT molecular complexity index is 804. The van der Waals surface area contributed by atoms with E-state index in [4.69, 9.17) is 4.84 Å². The van der Waals surface area contributed by atoms with Gasteiger partial charge in [0.2, 0.25) is 0 Å². The maximum Gasteiger partial charge on any atom is 0.275 e. The number of carbonyl (C=O) groups is 1. The smallest absolute Gasteiger partial charge is 0.267 e. The second kappa shape index (κ2) is 5.38. The molecule has 0 bridgehead atoms. The molecule has 1 aliphatic heterocycles. The van der Waals surface area contributed by atoms with Crippen molar-refractivity contribution in [3.05, 3.63) is 107 Å². The number of benzene rings is 3. The summed E-state index contributed by atoms with van der Waals surface area (Å²) < 4.78 is 0. The molecule has 0 atom stereocenters. The Kier molecular flexibility index (Phi) is 3.21. The maximum absolute atomic E-state index is 12.2. The van der Waals surface area contributed by atoms with Crippen molar-refractivity contribution in [2.75, 3.05) is 0 Å². The van der Waals surface area contributed by atoms with Crippen LogP contribution >= 0.6 is 0 Å². The van der Waals surface area contributed by atoms with Crippen LogP contribution in [0.25, 0.3) is 0 Å². The molecule has 0 radical (unpaired) electrons. The topological polar surface area (TPSA) is 38.3 Å². The Balaban J connectivity index is 2.06. The van der Waals surface area contributed by atoms with E-state index in [9.17, 15) is 4.79 Å². The molecule has 0 spiro atoms. The lowest BCUT2D eigenvalue weighted by atomic mass is 9.77. The highest BCUT2D eigenvalue weighted by molar-refractivity contribution is 5.96. The first-order valence-electron chi connectivity index (χ1n) is 7.51. The number of nitrogens with one attached hydrogen (secondary N) is 1. The number of rotatable bonds is 2. The van der Waals surface area contributed by atoms with Crippen molar-refractivity contribution >= 4 is 5.91 Å². The zero-order valence-electron chi connectivity index (χ0n) is 12.4. The van der Waals surface area contributed by atoms with Gasteiger partial charge in [0.1, 0.15) is 0 Å². The third-order valence-corrected chi connectivity index (χ3v) is 4.21. The molecule has 1 N–H and O–H groups in total. The van der Waals surface area contributed by atoms with Gasteiger partial charge in [-0.2, -0.15) is 0 Å². The Labute approximate surface area is 134 Å². The van der Waals surface area contributed by atoms with E-state index in [-0.39, 0.29) is 5.91 Å². The van der Waals surface area contributed by atoms with Crippen LogP contribution in [0.15, 0.2) is 84.9 Å². The van der Waals surface area contributed by atoms with E-state index < -0.39 is 5.60 Å². The van der Waals surface area contributed by atoms with E-state index in [0.717, 1.165) is 16.7 Å². The van der Waals surface area contributed by atoms with Crippen LogP contribution in [0, 0.1) is 0 Å².